The van der Waals surface area contributed by atoms with Gasteiger partial charge >= 0.3 is 0 Å². The molecule has 6 heteroatoms. The van der Waals surface area contributed by atoms with Crippen molar-refractivity contribution < 1.29 is 14.3 Å². The Morgan fingerprint density at radius 1 is 1.36 bits per heavy atom. The van der Waals surface area contributed by atoms with Crippen LogP contribution in [0.1, 0.15) is 25.3 Å². The number of hydrogen-bond donors (Lipinski definition) is 1. The van der Waals surface area contributed by atoms with E-state index >= 15 is 0 Å². The standard InChI is InChI=1S/C16H19ClN2O3/c1-9-2-3-10(15(18)20)8-19(9)16(21)14-7-11-6-12(17)4-5-13(11)22-14/h4-6,9-10,14H,2-3,7-8H2,1H3,(H2,18,20)/t9-,10-,14-/m1/s1. The molecule has 0 aliphatic carbocycles. The summed E-state index contributed by atoms with van der Waals surface area (Å²) in [5.74, 6) is 0.0233. The summed E-state index contributed by atoms with van der Waals surface area (Å²) in [6, 6.07) is 5.46. The van der Waals surface area contributed by atoms with Gasteiger partial charge in [0.25, 0.3) is 5.91 Å². The van der Waals surface area contributed by atoms with Gasteiger partial charge in [0.15, 0.2) is 6.10 Å². The number of halogens is 1. The molecule has 22 heavy (non-hydrogen) atoms. The monoisotopic (exact) mass is 322 g/mol. The first-order chi connectivity index (χ1) is 10.5. The van der Waals surface area contributed by atoms with Crippen LogP contribution in [0.5, 0.6) is 5.75 Å². The van der Waals surface area contributed by atoms with E-state index in [1.807, 2.05) is 13.0 Å². The molecule has 0 spiro atoms. The number of likely N-dealkylation sites (tertiary alicyclic amines) is 1. The smallest absolute Gasteiger partial charge is 0.264 e. The quantitative estimate of drug-likeness (QED) is 0.901. The molecule has 0 bridgehead atoms. The Morgan fingerprint density at radius 3 is 2.86 bits per heavy atom. The fourth-order valence-corrected chi connectivity index (χ4v) is 3.38. The number of primary amides is 1. The maximum atomic E-state index is 12.7. The third-order valence-corrected chi connectivity index (χ3v) is 4.78. The molecule has 2 N–H and O–H groups in total. The van der Waals surface area contributed by atoms with E-state index in [0.717, 1.165) is 18.4 Å². The number of benzene rings is 1. The molecule has 118 valence electrons. The number of nitrogens with zero attached hydrogens (tertiary/aromatic N) is 1. The summed E-state index contributed by atoms with van der Waals surface area (Å²) in [5.41, 5.74) is 6.34. The first-order valence-corrected chi connectivity index (χ1v) is 7.88. The SMILES string of the molecule is C[C@@H]1CC[C@@H](C(N)=O)CN1C(=O)[C@H]1Cc2cc(Cl)ccc2O1. The molecule has 3 rings (SSSR count). The highest BCUT2D eigenvalue weighted by Crippen LogP contribution is 2.33. The number of ether oxygens (including phenoxy) is 1. The van der Waals surface area contributed by atoms with Crippen LogP contribution in [0.15, 0.2) is 18.2 Å². The van der Waals surface area contributed by atoms with Gasteiger partial charge in [-0.25, -0.2) is 0 Å². The first-order valence-electron chi connectivity index (χ1n) is 7.50. The second-order valence-electron chi connectivity index (χ2n) is 6.08. The number of carbonyl (C=O) groups is 2. The molecule has 3 atom stereocenters. The van der Waals surface area contributed by atoms with E-state index in [0.29, 0.717) is 23.7 Å². The van der Waals surface area contributed by atoms with Gasteiger partial charge < -0.3 is 15.4 Å². The number of hydrogen-bond acceptors (Lipinski definition) is 3. The molecule has 1 aromatic rings. The largest absolute Gasteiger partial charge is 0.480 e. The topological polar surface area (TPSA) is 72.6 Å². The minimum Gasteiger partial charge on any atom is -0.480 e. The van der Waals surface area contributed by atoms with Gasteiger partial charge in [-0.15, -0.1) is 0 Å². The minimum absolute atomic E-state index is 0.0780. The van der Waals surface area contributed by atoms with E-state index in [4.69, 9.17) is 22.1 Å². The van der Waals surface area contributed by atoms with Crippen LogP contribution in [-0.4, -0.2) is 35.4 Å². The second kappa shape index (κ2) is 5.80. The lowest BCUT2D eigenvalue weighted by Crippen LogP contribution is -2.52. The number of piperidine rings is 1. The van der Waals surface area contributed by atoms with Crippen molar-refractivity contribution in [1.82, 2.24) is 4.90 Å². The molecule has 1 aromatic carbocycles. The van der Waals surface area contributed by atoms with Crippen molar-refractivity contribution in [3.05, 3.63) is 28.8 Å². The van der Waals surface area contributed by atoms with E-state index in [-0.39, 0.29) is 23.8 Å². The number of rotatable bonds is 2. The highest BCUT2D eigenvalue weighted by molar-refractivity contribution is 6.30. The van der Waals surface area contributed by atoms with Gasteiger partial charge in [-0.05, 0) is 43.5 Å². The molecule has 2 aliphatic rings. The first kappa shape index (κ1) is 15.2. The Kier molecular flexibility index (Phi) is 4.00. The summed E-state index contributed by atoms with van der Waals surface area (Å²) in [5, 5.41) is 0.635. The van der Waals surface area contributed by atoms with Crippen LogP contribution in [0.25, 0.3) is 0 Å². The molecular weight excluding hydrogens is 304 g/mol. The maximum Gasteiger partial charge on any atom is 0.264 e. The minimum atomic E-state index is -0.539. The normalized spacial score (nSPS) is 27.2. The predicted molar refractivity (Wildman–Crippen MR) is 82.7 cm³/mol. The Morgan fingerprint density at radius 2 is 2.14 bits per heavy atom. The number of carbonyl (C=O) groups excluding carboxylic acids is 2. The Bertz CT molecular complexity index is 619. The maximum absolute atomic E-state index is 12.7. The lowest BCUT2D eigenvalue weighted by atomic mass is 9.92. The zero-order valence-corrected chi connectivity index (χ0v) is 13.2. The summed E-state index contributed by atoms with van der Waals surface area (Å²) in [4.78, 5) is 25.9. The summed E-state index contributed by atoms with van der Waals surface area (Å²) in [6.45, 7) is 2.38. The average molecular weight is 323 g/mol. The van der Waals surface area contributed by atoms with Crippen molar-refractivity contribution in [3.63, 3.8) is 0 Å². The van der Waals surface area contributed by atoms with E-state index in [1.165, 1.54) is 0 Å². The molecule has 1 fully saturated rings. The van der Waals surface area contributed by atoms with Gasteiger partial charge in [0, 0.05) is 24.0 Å². The zero-order valence-electron chi connectivity index (χ0n) is 12.4. The van der Waals surface area contributed by atoms with Crippen LogP contribution in [0.3, 0.4) is 0 Å². The molecule has 1 saturated heterocycles. The summed E-state index contributed by atoms with van der Waals surface area (Å²) < 4.78 is 5.75. The van der Waals surface area contributed by atoms with Crippen molar-refractivity contribution in [3.8, 4) is 5.75 Å². The number of amides is 2. The molecule has 5 nitrogen and oxygen atoms in total. The third-order valence-electron chi connectivity index (χ3n) is 4.54. The molecule has 0 radical (unpaired) electrons. The molecule has 2 heterocycles. The van der Waals surface area contributed by atoms with Crippen LogP contribution in [0.4, 0.5) is 0 Å². The fourth-order valence-electron chi connectivity index (χ4n) is 3.19. The second-order valence-corrected chi connectivity index (χ2v) is 6.52. The van der Waals surface area contributed by atoms with Gasteiger partial charge in [-0.2, -0.15) is 0 Å². The molecule has 0 unspecified atom stereocenters. The zero-order chi connectivity index (χ0) is 15.9. The van der Waals surface area contributed by atoms with Gasteiger partial charge in [0.1, 0.15) is 5.75 Å². The predicted octanol–water partition coefficient (Wildman–Crippen LogP) is 1.76. The average Bonchev–Trinajstić information content (AvgIpc) is 2.89. The lowest BCUT2D eigenvalue weighted by molar-refractivity contribution is -0.143. The Labute approximate surface area is 134 Å². The van der Waals surface area contributed by atoms with Gasteiger partial charge in [-0.1, -0.05) is 11.6 Å². The van der Waals surface area contributed by atoms with Crippen LogP contribution < -0.4 is 10.5 Å². The number of nitrogens with two attached hydrogens (primary N) is 1. The Balaban J connectivity index is 1.73. The van der Waals surface area contributed by atoms with E-state index in [9.17, 15) is 9.59 Å². The Hall–Kier alpha value is -1.75. The van der Waals surface area contributed by atoms with Crippen molar-refractivity contribution in [1.29, 1.82) is 0 Å². The molecular formula is C16H19ClN2O3. The van der Waals surface area contributed by atoms with Gasteiger partial charge in [0.05, 0.1) is 5.92 Å². The molecule has 0 saturated carbocycles. The summed E-state index contributed by atoms with van der Waals surface area (Å²) in [6.07, 6.45) is 1.49. The molecule has 2 amide bonds. The van der Waals surface area contributed by atoms with Crippen molar-refractivity contribution in [2.24, 2.45) is 11.7 Å². The highest BCUT2D eigenvalue weighted by atomic mass is 35.5. The summed E-state index contributed by atoms with van der Waals surface area (Å²) >= 11 is 5.97. The third kappa shape index (κ3) is 2.77. The van der Waals surface area contributed by atoms with Crippen LogP contribution >= 0.6 is 11.6 Å². The molecule has 0 aromatic heterocycles. The van der Waals surface area contributed by atoms with Crippen molar-refractivity contribution >= 4 is 23.4 Å². The molecule has 2 aliphatic heterocycles. The highest BCUT2D eigenvalue weighted by Gasteiger charge is 2.38. The summed E-state index contributed by atoms with van der Waals surface area (Å²) in [7, 11) is 0. The van der Waals surface area contributed by atoms with Crippen molar-refractivity contribution in [2.75, 3.05) is 6.54 Å². The van der Waals surface area contributed by atoms with E-state index in [2.05, 4.69) is 0 Å². The van der Waals surface area contributed by atoms with E-state index in [1.54, 1.807) is 17.0 Å². The van der Waals surface area contributed by atoms with Gasteiger partial charge in [-0.3, -0.25) is 9.59 Å². The van der Waals surface area contributed by atoms with Crippen LogP contribution in [0, 0.1) is 5.92 Å². The van der Waals surface area contributed by atoms with E-state index < -0.39 is 6.10 Å². The fraction of sp³-hybridized carbons (Fsp3) is 0.500. The number of fused-ring (bicyclic) bond motifs is 1. The van der Waals surface area contributed by atoms with Crippen molar-refractivity contribution in [2.45, 2.75) is 38.3 Å². The van der Waals surface area contributed by atoms with Gasteiger partial charge in [0.2, 0.25) is 5.91 Å². The van der Waals surface area contributed by atoms with Crippen LogP contribution in [0.2, 0.25) is 5.02 Å². The van der Waals surface area contributed by atoms with Crippen LogP contribution in [-0.2, 0) is 16.0 Å². The lowest BCUT2D eigenvalue weighted by Gasteiger charge is -2.38.